The van der Waals surface area contributed by atoms with Crippen LogP contribution >= 0.6 is 0 Å². The summed E-state index contributed by atoms with van der Waals surface area (Å²) >= 11 is 0. The minimum atomic E-state index is -0.119. The number of anilines is 1. The van der Waals surface area contributed by atoms with Crippen LogP contribution < -0.4 is 9.64 Å². The Hall–Kier alpha value is -1.59. The maximum atomic E-state index is 12.9. The molecule has 5 nitrogen and oxygen atoms in total. The molecular weight excluding hydrogens is 280 g/mol. The van der Waals surface area contributed by atoms with E-state index in [0.29, 0.717) is 12.5 Å². The summed E-state index contributed by atoms with van der Waals surface area (Å²) in [5, 5.41) is 9.63. The number of nitrogens with zero attached hydrogens (tertiary/aromatic N) is 2. The third-order valence-corrected chi connectivity index (χ3v) is 5.07. The Labute approximate surface area is 131 Å². The van der Waals surface area contributed by atoms with Crippen molar-refractivity contribution in [2.75, 3.05) is 31.7 Å². The molecule has 0 saturated carbocycles. The van der Waals surface area contributed by atoms with Gasteiger partial charge >= 0.3 is 0 Å². The van der Waals surface area contributed by atoms with Crippen molar-refractivity contribution in [2.24, 2.45) is 5.92 Å². The first-order valence-electron chi connectivity index (χ1n) is 7.98. The maximum Gasteiger partial charge on any atom is 0.244 e. The van der Waals surface area contributed by atoms with E-state index in [1.165, 1.54) is 0 Å². The fraction of sp³-hybridized carbons (Fsp3) is 0.588. The predicted octanol–water partition coefficient (Wildman–Crippen LogP) is 1.50. The summed E-state index contributed by atoms with van der Waals surface area (Å²) in [5.41, 5.74) is 0.838. The van der Waals surface area contributed by atoms with E-state index in [2.05, 4.69) is 11.8 Å². The molecule has 2 aliphatic heterocycles. The van der Waals surface area contributed by atoms with Crippen molar-refractivity contribution in [3.05, 3.63) is 24.3 Å². The quantitative estimate of drug-likeness (QED) is 0.916. The Bertz CT molecular complexity index is 548. The molecule has 0 unspecified atom stereocenters. The minimum Gasteiger partial charge on any atom is -0.495 e. The van der Waals surface area contributed by atoms with E-state index in [4.69, 9.17) is 4.74 Å². The highest BCUT2D eigenvalue weighted by atomic mass is 16.5. The Balaban J connectivity index is 1.81. The van der Waals surface area contributed by atoms with E-state index in [1.807, 2.05) is 29.2 Å². The molecule has 0 bridgehead atoms. The van der Waals surface area contributed by atoms with Gasteiger partial charge in [-0.2, -0.15) is 0 Å². The van der Waals surface area contributed by atoms with Gasteiger partial charge in [0.05, 0.1) is 25.4 Å². The molecule has 2 saturated heterocycles. The van der Waals surface area contributed by atoms with Crippen LogP contribution in [-0.4, -0.2) is 54.8 Å². The Morgan fingerprint density at radius 2 is 2.05 bits per heavy atom. The van der Waals surface area contributed by atoms with Gasteiger partial charge in [0.2, 0.25) is 5.91 Å². The topological polar surface area (TPSA) is 53.0 Å². The lowest BCUT2D eigenvalue weighted by Gasteiger charge is -2.30. The standard InChI is InChI=1S/C17H24N2O3/c1-12-7-9-18(15(12)11-20)14-8-10-19(17(14)21)13-5-3-4-6-16(13)22-2/h3-6,12,14-15,20H,7-11H2,1-2H3/t12-,14+,15-/m1/s1. The molecule has 22 heavy (non-hydrogen) atoms. The van der Waals surface area contributed by atoms with Crippen LogP contribution in [0.3, 0.4) is 0 Å². The minimum absolute atomic E-state index is 0.103. The second-order valence-electron chi connectivity index (χ2n) is 6.22. The van der Waals surface area contributed by atoms with Crippen LogP contribution in [0.1, 0.15) is 19.8 Å². The van der Waals surface area contributed by atoms with Crippen molar-refractivity contribution in [3.63, 3.8) is 0 Å². The molecule has 2 fully saturated rings. The van der Waals surface area contributed by atoms with Crippen LogP contribution in [0, 0.1) is 5.92 Å². The number of carbonyl (C=O) groups excluding carboxylic acids is 1. The Morgan fingerprint density at radius 3 is 2.77 bits per heavy atom. The third-order valence-electron chi connectivity index (χ3n) is 5.07. The molecule has 3 rings (SSSR count). The number of amides is 1. The van der Waals surface area contributed by atoms with Gasteiger partial charge in [0.25, 0.3) is 0 Å². The first kappa shape index (κ1) is 15.3. The van der Waals surface area contributed by atoms with E-state index in [1.54, 1.807) is 7.11 Å². The summed E-state index contributed by atoms with van der Waals surface area (Å²) in [5.74, 6) is 1.29. The zero-order valence-electron chi connectivity index (χ0n) is 13.2. The Morgan fingerprint density at radius 1 is 1.27 bits per heavy atom. The summed E-state index contributed by atoms with van der Waals surface area (Å²) in [4.78, 5) is 16.9. The molecule has 0 radical (unpaired) electrons. The monoisotopic (exact) mass is 304 g/mol. The third kappa shape index (κ3) is 2.48. The summed E-state index contributed by atoms with van der Waals surface area (Å²) in [6, 6.07) is 7.62. The van der Waals surface area contributed by atoms with Crippen molar-refractivity contribution in [1.29, 1.82) is 0 Å². The van der Waals surface area contributed by atoms with Crippen molar-refractivity contribution in [3.8, 4) is 5.75 Å². The average molecular weight is 304 g/mol. The fourth-order valence-corrected chi connectivity index (χ4v) is 3.77. The van der Waals surface area contributed by atoms with Gasteiger partial charge in [-0.25, -0.2) is 0 Å². The van der Waals surface area contributed by atoms with E-state index in [0.717, 1.165) is 30.8 Å². The number of rotatable bonds is 4. The number of hydrogen-bond acceptors (Lipinski definition) is 4. The van der Waals surface area contributed by atoms with E-state index in [-0.39, 0.29) is 24.6 Å². The summed E-state index contributed by atoms with van der Waals surface area (Å²) < 4.78 is 5.38. The number of benzene rings is 1. The van der Waals surface area contributed by atoms with Crippen molar-refractivity contribution in [1.82, 2.24) is 4.90 Å². The van der Waals surface area contributed by atoms with Gasteiger partial charge in [0.1, 0.15) is 5.75 Å². The first-order valence-corrected chi connectivity index (χ1v) is 7.98. The fourth-order valence-electron chi connectivity index (χ4n) is 3.77. The van der Waals surface area contributed by atoms with Crippen LogP contribution in [0.5, 0.6) is 5.75 Å². The molecule has 1 N–H and O–H groups in total. The number of ether oxygens (including phenoxy) is 1. The lowest BCUT2D eigenvalue weighted by atomic mass is 10.0. The molecular formula is C17H24N2O3. The second-order valence-corrected chi connectivity index (χ2v) is 6.22. The second kappa shape index (κ2) is 6.26. The lowest BCUT2D eigenvalue weighted by Crippen LogP contribution is -2.46. The van der Waals surface area contributed by atoms with Crippen molar-refractivity contribution < 1.29 is 14.6 Å². The molecule has 0 aromatic heterocycles. The molecule has 1 aromatic carbocycles. The van der Waals surface area contributed by atoms with Gasteiger partial charge in [0, 0.05) is 12.6 Å². The van der Waals surface area contributed by atoms with Crippen molar-refractivity contribution in [2.45, 2.75) is 31.8 Å². The zero-order chi connectivity index (χ0) is 15.7. The molecule has 1 amide bonds. The number of para-hydroxylation sites is 2. The van der Waals surface area contributed by atoms with Crippen LogP contribution in [-0.2, 0) is 4.79 Å². The molecule has 1 aromatic rings. The maximum absolute atomic E-state index is 12.9. The van der Waals surface area contributed by atoms with Crippen LogP contribution in [0.4, 0.5) is 5.69 Å². The smallest absolute Gasteiger partial charge is 0.244 e. The highest BCUT2D eigenvalue weighted by Crippen LogP contribution is 2.35. The largest absolute Gasteiger partial charge is 0.495 e. The van der Waals surface area contributed by atoms with Gasteiger partial charge in [-0.1, -0.05) is 19.1 Å². The molecule has 0 aliphatic carbocycles. The number of carbonyl (C=O) groups is 1. The van der Waals surface area contributed by atoms with E-state index < -0.39 is 0 Å². The van der Waals surface area contributed by atoms with Crippen LogP contribution in [0.25, 0.3) is 0 Å². The molecule has 0 spiro atoms. The van der Waals surface area contributed by atoms with Crippen LogP contribution in [0.15, 0.2) is 24.3 Å². The number of aliphatic hydroxyl groups excluding tert-OH is 1. The van der Waals surface area contributed by atoms with Gasteiger partial charge in [-0.05, 0) is 37.4 Å². The van der Waals surface area contributed by atoms with Gasteiger partial charge in [-0.3, -0.25) is 9.69 Å². The summed E-state index contributed by atoms with van der Waals surface area (Å²) in [6.07, 6.45) is 1.85. The summed E-state index contributed by atoms with van der Waals surface area (Å²) in [6.45, 7) is 3.87. The van der Waals surface area contributed by atoms with Crippen molar-refractivity contribution >= 4 is 11.6 Å². The summed E-state index contributed by atoms with van der Waals surface area (Å²) in [7, 11) is 1.63. The number of aliphatic hydroxyl groups is 1. The van der Waals surface area contributed by atoms with Gasteiger partial charge < -0.3 is 14.7 Å². The average Bonchev–Trinajstić information content (AvgIpc) is 3.09. The predicted molar refractivity (Wildman–Crippen MR) is 85.1 cm³/mol. The normalized spacial score (nSPS) is 29.3. The molecule has 5 heteroatoms. The van der Waals surface area contributed by atoms with Crippen LogP contribution in [0.2, 0.25) is 0 Å². The number of likely N-dealkylation sites (tertiary alicyclic amines) is 1. The lowest BCUT2D eigenvalue weighted by molar-refractivity contribution is -0.122. The molecule has 2 heterocycles. The molecule has 120 valence electrons. The highest BCUT2D eigenvalue weighted by molar-refractivity contribution is 6.00. The van der Waals surface area contributed by atoms with E-state index >= 15 is 0 Å². The number of hydrogen-bond donors (Lipinski definition) is 1. The number of methoxy groups -OCH3 is 1. The molecule has 3 atom stereocenters. The van der Waals surface area contributed by atoms with E-state index in [9.17, 15) is 9.90 Å². The SMILES string of the molecule is COc1ccccc1N1CC[C@H](N2CC[C@@H](C)[C@H]2CO)C1=O. The van der Waals surface area contributed by atoms with Gasteiger partial charge in [-0.15, -0.1) is 0 Å². The molecule has 2 aliphatic rings. The zero-order valence-corrected chi connectivity index (χ0v) is 13.2. The first-order chi connectivity index (χ1) is 10.7. The Kier molecular flexibility index (Phi) is 4.36. The van der Waals surface area contributed by atoms with Gasteiger partial charge in [0.15, 0.2) is 0 Å². The highest BCUT2D eigenvalue weighted by Gasteiger charge is 2.43.